The van der Waals surface area contributed by atoms with Gasteiger partial charge in [-0.2, -0.15) is 0 Å². The Morgan fingerprint density at radius 3 is 1.78 bits per heavy atom. The molecule has 18 heavy (non-hydrogen) atoms. The predicted molar refractivity (Wildman–Crippen MR) is 95.8 cm³/mol. The first-order valence-electron chi connectivity index (χ1n) is 6.52. The summed E-state index contributed by atoms with van der Waals surface area (Å²) in [5, 5.41) is 2.11. The minimum absolute atomic E-state index is 0.348. The van der Waals surface area contributed by atoms with Crippen LogP contribution in [0.4, 0.5) is 0 Å². The fraction of sp³-hybridized carbons (Fsp3) is 1.00. The molecular formula is C12H20S4Te2. The number of hydrogen-bond acceptors (Lipinski definition) is 4. The van der Waals surface area contributed by atoms with E-state index in [1.807, 2.05) is 0 Å². The molecule has 3 aliphatic rings. The molecule has 4 unspecified atom stereocenters. The summed E-state index contributed by atoms with van der Waals surface area (Å²) in [5.74, 6) is 8.94. The van der Waals surface area contributed by atoms with Crippen LogP contribution >= 0.6 is 47.0 Å². The number of hydrogen-bond donors (Lipinski definition) is 0. The van der Waals surface area contributed by atoms with Crippen molar-refractivity contribution < 1.29 is 0 Å². The SMILES string of the molecule is C(SCC1C[Te]CC(CSCC2CS2)[Te]1)C1CS1. The standard InChI is InChI=1S/C12H20S4Te2/c1(9-3-15-9)13-5-11-7-17-8-12(18-11)6-14-2-10-4-16-10/h9-12H,1-8H2. The van der Waals surface area contributed by atoms with Crippen LogP contribution in [0.15, 0.2) is 0 Å². The van der Waals surface area contributed by atoms with Crippen LogP contribution in [0.3, 0.4) is 0 Å². The van der Waals surface area contributed by atoms with Crippen molar-refractivity contribution in [1.82, 2.24) is 0 Å². The molecule has 0 bridgehead atoms. The molecule has 104 valence electrons. The maximum atomic E-state index is 2.29. The molecule has 3 aliphatic heterocycles. The third-order valence-electron chi connectivity index (χ3n) is 3.01. The van der Waals surface area contributed by atoms with Gasteiger partial charge in [0.05, 0.1) is 0 Å². The van der Waals surface area contributed by atoms with Crippen LogP contribution in [0.1, 0.15) is 0 Å². The van der Waals surface area contributed by atoms with E-state index >= 15 is 0 Å². The van der Waals surface area contributed by atoms with Crippen molar-refractivity contribution >= 4 is 88.9 Å². The maximum absolute atomic E-state index is 2.29. The quantitative estimate of drug-likeness (QED) is 0.337. The van der Waals surface area contributed by atoms with E-state index in [-0.39, 0.29) is 0 Å². The summed E-state index contributed by atoms with van der Waals surface area (Å²) in [4.78, 5) is 0. The first-order chi connectivity index (χ1) is 8.90. The average Bonchev–Trinajstić information content (AvgIpc) is 3.25. The second kappa shape index (κ2) is 8.57. The third kappa shape index (κ3) is 6.39. The van der Waals surface area contributed by atoms with E-state index < -0.39 is 0 Å². The van der Waals surface area contributed by atoms with E-state index in [2.05, 4.69) is 47.0 Å². The minimum atomic E-state index is 0.348. The van der Waals surface area contributed by atoms with Crippen LogP contribution in [0.5, 0.6) is 0 Å². The van der Waals surface area contributed by atoms with Crippen molar-refractivity contribution in [2.24, 2.45) is 0 Å². The van der Waals surface area contributed by atoms with Crippen LogP contribution in [-0.2, 0) is 0 Å². The van der Waals surface area contributed by atoms with Gasteiger partial charge in [0.2, 0.25) is 0 Å². The molecule has 0 radical (unpaired) electrons. The van der Waals surface area contributed by atoms with Crippen molar-refractivity contribution in [2.45, 2.75) is 27.4 Å². The Bertz CT molecular complexity index is 234. The van der Waals surface area contributed by atoms with Crippen LogP contribution in [0.2, 0.25) is 16.9 Å². The molecule has 0 aromatic carbocycles. The predicted octanol–water partition coefficient (Wildman–Crippen LogP) is 3.52. The van der Waals surface area contributed by atoms with E-state index in [0.717, 1.165) is 10.5 Å². The molecule has 3 fully saturated rings. The Hall–Kier alpha value is 2.98. The fourth-order valence-corrected chi connectivity index (χ4v) is 21.1. The molecule has 0 aromatic heterocycles. The molecule has 0 aromatic rings. The van der Waals surface area contributed by atoms with E-state index in [1.165, 1.54) is 30.9 Å². The number of thioether (sulfide) groups is 4. The summed E-state index contributed by atoms with van der Waals surface area (Å²) in [7, 11) is 0. The van der Waals surface area contributed by atoms with Crippen molar-refractivity contribution in [1.29, 1.82) is 0 Å². The van der Waals surface area contributed by atoms with Gasteiger partial charge in [0.25, 0.3) is 0 Å². The zero-order valence-electron chi connectivity index (χ0n) is 10.4. The van der Waals surface area contributed by atoms with Crippen molar-refractivity contribution in [2.75, 3.05) is 34.5 Å². The van der Waals surface area contributed by atoms with Crippen LogP contribution < -0.4 is 0 Å². The Labute approximate surface area is 149 Å². The summed E-state index contributed by atoms with van der Waals surface area (Å²) >= 11 is 9.69. The van der Waals surface area contributed by atoms with Gasteiger partial charge in [0.1, 0.15) is 0 Å². The van der Waals surface area contributed by atoms with Crippen molar-refractivity contribution in [3.05, 3.63) is 0 Å². The molecule has 0 saturated carbocycles. The first kappa shape index (κ1) is 15.9. The molecule has 0 nitrogen and oxygen atoms in total. The third-order valence-corrected chi connectivity index (χ3v) is 21.1. The second-order valence-corrected chi connectivity index (χ2v) is 17.4. The number of rotatable bonds is 8. The van der Waals surface area contributed by atoms with Gasteiger partial charge in [-0.3, -0.25) is 0 Å². The van der Waals surface area contributed by atoms with E-state index in [4.69, 9.17) is 0 Å². The summed E-state index contributed by atoms with van der Waals surface area (Å²) in [6.45, 7) is 0. The molecule has 0 spiro atoms. The average molecular weight is 548 g/mol. The zero-order chi connectivity index (χ0) is 12.2. The monoisotopic (exact) mass is 552 g/mol. The summed E-state index contributed by atoms with van der Waals surface area (Å²) in [6.07, 6.45) is 0. The topological polar surface area (TPSA) is 0 Å². The van der Waals surface area contributed by atoms with Crippen molar-refractivity contribution in [3.63, 3.8) is 0 Å². The van der Waals surface area contributed by atoms with Crippen LogP contribution in [-0.4, -0.2) is 86.9 Å². The van der Waals surface area contributed by atoms with Gasteiger partial charge in [-0.05, 0) is 0 Å². The van der Waals surface area contributed by atoms with Gasteiger partial charge in [-0.15, -0.1) is 0 Å². The summed E-state index contributed by atoms with van der Waals surface area (Å²) in [5.41, 5.74) is 0. The molecule has 3 heterocycles. The summed E-state index contributed by atoms with van der Waals surface area (Å²) < 4.78 is 5.89. The van der Waals surface area contributed by atoms with Gasteiger partial charge in [0.15, 0.2) is 0 Å². The van der Waals surface area contributed by atoms with Gasteiger partial charge < -0.3 is 0 Å². The Balaban J connectivity index is 1.26. The molecule has 3 saturated heterocycles. The van der Waals surface area contributed by atoms with Crippen LogP contribution in [0.25, 0.3) is 0 Å². The Kier molecular flexibility index (Phi) is 7.55. The van der Waals surface area contributed by atoms with Gasteiger partial charge in [-0.25, -0.2) is 0 Å². The normalized spacial score (nSPS) is 38.7. The molecule has 0 amide bonds. The van der Waals surface area contributed by atoms with E-state index in [1.54, 1.807) is 20.4 Å². The molecule has 4 atom stereocenters. The zero-order valence-corrected chi connectivity index (χ0v) is 18.3. The van der Waals surface area contributed by atoms with E-state index in [9.17, 15) is 0 Å². The van der Waals surface area contributed by atoms with Gasteiger partial charge in [0, 0.05) is 0 Å². The van der Waals surface area contributed by atoms with Gasteiger partial charge in [-0.1, -0.05) is 0 Å². The van der Waals surface area contributed by atoms with Crippen LogP contribution in [0, 0.1) is 0 Å². The molecule has 6 heteroatoms. The summed E-state index contributed by atoms with van der Waals surface area (Å²) in [6, 6.07) is 0. The molecule has 3 rings (SSSR count). The Morgan fingerprint density at radius 1 is 0.833 bits per heavy atom. The Morgan fingerprint density at radius 2 is 1.33 bits per heavy atom. The first-order valence-corrected chi connectivity index (χ1v) is 16.9. The molecule has 0 aliphatic carbocycles. The molecule has 0 N–H and O–H groups in total. The van der Waals surface area contributed by atoms with Gasteiger partial charge >= 0.3 is 151 Å². The fourth-order valence-electron chi connectivity index (χ4n) is 1.85. The molecular weight excluding hydrogens is 528 g/mol. The van der Waals surface area contributed by atoms with Crippen molar-refractivity contribution in [3.8, 4) is 0 Å². The second-order valence-electron chi connectivity index (χ2n) is 4.90. The van der Waals surface area contributed by atoms with E-state index in [0.29, 0.717) is 41.8 Å².